The Balaban J connectivity index is 2.12. The standard InChI is InChI=1S/C10H14N2O3/c1-6(11-15-2)7-3-8-5-9(4-7)10(8)12(13)14/h3,8-10H,4-5H2,1-2H3/b11-6-. The summed E-state index contributed by atoms with van der Waals surface area (Å²) in [5.41, 5.74) is 1.95. The second-order valence-electron chi connectivity index (χ2n) is 4.19. The van der Waals surface area contributed by atoms with E-state index >= 15 is 0 Å². The van der Waals surface area contributed by atoms with E-state index in [9.17, 15) is 10.1 Å². The summed E-state index contributed by atoms with van der Waals surface area (Å²) >= 11 is 0. The number of fused-ring (bicyclic) bond motifs is 1. The minimum atomic E-state index is -0.357. The van der Waals surface area contributed by atoms with Gasteiger partial charge in [0.1, 0.15) is 7.11 Å². The molecule has 3 aliphatic carbocycles. The van der Waals surface area contributed by atoms with Gasteiger partial charge in [-0.2, -0.15) is 0 Å². The van der Waals surface area contributed by atoms with E-state index in [1.807, 2.05) is 13.0 Å². The molecule has 3 unspecified atom stereocenters. The molecule has 1 saturated carbocycles. The van der Waals surface area contributed by atoms with Gasteiger partial charge in [-0.1, -0.05) is 11.2 Å². The van der Waals surface area contributed by atoms with Gasteiger partial charge in [-0.25, -0.2) is 0 Å². The smallest absolute Gasteiger partial charge is 0.222 e. The molecule has 5 nitrogen and oxygen atoms in total. The van der Waals surface area contributed by atoms with E-state index < -0.39 is 0 Å². The summed E-state index contributed by atoms with van der Waals surface area (Å²) in [6.45, 7) is 1.88. The minimum absolute atomic E-state index is 0.107. The summed E-state index contributed by atoms with van der Waals surface area (Å²) in [4.78, 5) is 15.3. The van der Waals surface area contributed by atoms with Crippen molar-refractivity contribution < 1.29 is 9.76 Å². The molecular weight excluding hydrogens is 196 g/mol. The Bertz CT molecular complexity index is 349. The van der Waals surface area contributed by atoms with Crippen LogP contribution in [0.2, 0.25) is 0 Å². The Morgan fingerprint density at radius 1 is 1.73 bits per heavy atom. The van der Waals surface area contributed by atoms with Crippen LogP contribution in [0.5, 0.6) is 0 Å². The fourth-order valence-electron chi connectivity index (χ4n) is 2.55. The fourth-order valence-corrected chi connectivity index (χ4v) is 2.55. The first-order valence-electron chi connectivity index (χ1n) is 5.05. The molecule has 0 aromatic carbocycles. The lowest BCUT2D eigenvalue weighted by Crippen LogP contribution is -2.49. The van der Waals surface area contributed by atoms with E-state index in [4.69, 9.17) is 4.84 Å². The highest BCUT2D eigenvalue weighted by Crippen LogP contribution is 2.46. The van der Waals surface area contributed by atoms with Gasteiger partial charge in [0.05, 0.1) is 5.71 Å². The van der Waals surface area contributed by atoms with Crippen LogP contribution in [0.15, 0.2) is 16.8 Å². The maximum absolute atomic E-state index is 10.7. The molecule has 0 spiro atoms. The van der Waals surface area contributed by atoms with Gasteiger partial charge in [-0.15, -0.1) is 0 Å². The van der Waals surface area contributed by atoms with Gasteiger partial charge >= 0.3 is 0 Å². The quantitative estimate of drug-likeness (QED) is 0.404. The Kier molecular flexibility index (Phi) is 2.46. The molecule has 3 rings (SSSR count). The predicted molar refractivity (Wildman–Crippen MR) is 55.2 cm³/mol. The van der Waals surface area contributed by atoms with Crippen LogP contribution >= 0.6 is 0 Å². The molecule has 0 amide bonds. The lowest BCUT2D eigenvalue weighted by Gasteiger charge is -2.41. The highest BCUT2D eigenvalue weighted by Gasteiger charge is 2.51. The van der Waals surface area contributed by atoms with Crippen LogP contribution < -0.4 is 0 Å². The van der Waals surface area contributed by atoms with Crippen LogP contribution in [0.3, 0.4) is 0 Å². The SMILES string of the molecule is CO/N=C(/C)C1=CC2CC(C1)C2[N+](=O)[O-]. The third-order valence-electron chi connectivity index (χ3n) is 3.33. The van der Waals surface area contributed by atoms with E-state index in [-0.39, 0.29) is 22.8 Å². The molecule has 0 aliphatic heterocycles. The van der Waals surface area contributed by atoms with Crippen molar-refractivity contribution in [3.05, 3.63) is 21.8 Å². The topological polar surface area (TPSA) is 64.7 Å². The van der Waals surface area contributed by atoms with Crippen LogP contribution in [0.1, 0.15) is 19.8 Å². The highest BCUT2D eigenvalue weighted by molar-refractivity contribution is 5.98. The summed E-state index contributed by atoms with van der Waals surface area (Å²) < 4.78 is 0. The first-order valence-corrected chi connectivity index (χ1v) is 5.05. The maximum atomic E-state index is 10.7. The van der Waals surface area contributed by atoms with Crippen molar-refractivity contribution in [1.82, 2.24) is 0 Å². The number of hydrogen-bond donors (Lipinski definition) is 0. The van der Waals surface area contributed by atoms with E-state index in [1.165, 1.54) is 7.11 Å². The van der Waals surface area contributed by atoms with Crippen molar-refractivity contribution in [2.45, 2.75) is 25.8 Å². The Morgan fingerprint density at radius 3 is 2.93 bits per heavy atom. The van der Waals surface area contributed by atoms with Gasteiger partial charge in [0.15, 0.2) is 0 Å². The first-order chi connectivity index (χ1) is 7.13. The van der Waals surface area contributed by atoms with Crippen LogP contribution in [-0.4, -0.2) is 23.8 Å². The maximum Gasteiger partial charge on any atom is 0.222 e. The number of nitrogens with zero attached hydrogens (tertiary/aromatic N) is 2. The molecule has 0 saturated heterocycles. The fraction of sp³-hybridized carbons (Fsp3) is 0.700. The molecular formula is C10H14N2O3. The number of nitro groups is 1. The van der Waals surface area contributed by atoms with Crippen molar-refractivity contribution in [2.75, 3.05) is 7.11 Å². The Labute approximate surface area is 87.9 Å². The summed E-state index contributed by atoms with van der Waals surface area (Å²) in [7, 11) is 1.51. The van der Waals surface area contributed by atoms with E-state index in [2.05, 4.69) is 5.16 Å². The second kappa shape index (κ2) is 3.64. The first kappa shape index (κ1) is 10.1. The molecule has 0 aromatic heterocycles. The summed E-state index contributed by atoms with van der Waals surface area (Å²) in [6.07, 6.45) is 3.71. The van der Waals surface area contributed by atoms with Crippen molar-refractivity contribution in [3.8, 4) is 0 Å². The second-order valence-corrected chi connectivity index (χ2v) is 4.19. The van der Waals surface area contributed by atoms with E-state index in [0.717, 1.165) is 24.1 Å². The van der Waals surface area contributed by atoms with Crippen molar-refractivity contribution >= 4 is 5.71 Å². The molecule has 3 aliphatic rings. The minimum Gasteiger partial charge on any atom is -0.399 e. The molecule has 1 fully saturated rings. The number of hydrogen-bond acceptors (Lipinski definition) is 4. The van der Waals surface area contributed by atoms with E-state index in [0.29, 0.717) is 0 Å². The molecule has 0 aromatic rings. The van der Waals surface area contributed by atoms with Gasteiger partial charge in [0.25, 0.3) is 0 Å². The average Bonchev–Trinajstić information content (AvgIpc) is 2.17. The Morgan fingerprint density at radius 2 is 2.47 bits per heavy atom. The molecule has 0 heterocycles. The molecule has 82 valence electrons. The third-order valence-corrected chi connectivity index (χ3v) is 3.33. The van der Waals surface area contributed by atoms with Crippen molar-refractivity contribution in [1.29, 1.82) is 0 Å². The van der Waals surface area contributed by atoms with Gasteiger partial charge in [-0.05, 0) is 25.3 Å². The van der Waals surface area contributed by atoms with Gasteiger partial charge in [0, 0.05) is 16.8 Å². The van der Waals surface area contributed by atoms with Crippen molar-refractivity contribution in [2.24, 2.45) is 17.0 Å². The van der Waals surface area contributed by atoms with Crippen molar-refractivity contribution in [3.63, 3.8) is 0 Å². The molecule has 3 atom stereocenters. The summed E-state index contributed by atoms with van der Waals surface area (Å²) in [5.74, 6) is 0.308. The Hall–Kier alpha value is -1.39. The lowest BCUT2D eigenvalue weighted by molar-refractivity contribution is -0.557. The predicted octanol–water partition coefficient (Wildman–Crippen LogP) is 1.62. The molecule has 0 N–H and O–H groups in total. The zero-order valence-electron chi connectivity index (χ0n) is 8.84. The van der Waals surface area contributed by atoms with Gasteiger partial charge in [-0.3, -0.25) is 10.1 Å². The largest absolute Gasteiger partial charge is 0.399 e. The molecule has 0 radical (unpaired) electrons. The average molecular weight is 210 g/mol. The van der Waals surface area contributed by atoms with Gasteiger partial charge in [0.2, 0.25) is 6.04 Å². The normalized spacial score (nSPS) is 34.1. The molecule has 2 bridgehead atoms. The monoisotopic (exact) mass is 210 g/mol. The molecule has 5 heteroatoms. The number of rotatable bonds is 3. The third kappa shape index (κ3) is 1.62. The van der Waals surface area contributed by atoms with Crippen LogP contribution in [0.4, 0.5) is 0 Å². The summed E-state index contributed by atoms with van der Waals surface area (Å²) in [5, 5.41) is 14.6. The summed E-state index contributed by atoms with van der Waals surface area (Å²) in [6, 6.07) is -0.357. The van der Waals surface area contributed by atoms with Crippen LogP contribution in [0.25, 0.3) is 0 Å². The zero-order chi connectivity index (χ0) is 11.0. The zero-order valence-corrected chi connectivity index (χ0v) is 8.84. The highest BCUT2D eigenvalue weighted by atomic mass is 16.6. The van der Waals surface area contributed by atoms with Crippen LogP contribution in [-0.2, 0) is 4.84 Å². The van der Waals surface area contributed by atoms with Gasteiger partial charge < -0.3 is 4.84 Å². The van der Waals surface area contributed by atoms with Crippen LogP contribution in [0, 0.1) is 22.0 Å². The molecule has 15 heavy (non-hydrogen) atoms. The lowest BCUT2D eigenvalue weighted by atomic mass is 9.62. The number of allylic oxidation sites excluding steroid dienone is 1. The number of oxime groups is 1. The van der Waals surface area contributed by atoms with E-state index in [1.54, 1.807) is 0 Å².